The van der Waals surface area contributed by atoms with Crippen LogP contribution in [0.4, 0.5) is 5.69 Å². The molecule has 2 aromatic rings. The number of aromatic nitrogens is 1. The average Bonchev–Trinajstić information content (AvgIpc) is 2.84. The minimum Gasteiger partial charge on any atom is -0.320 e. The van der Waals surface area contributed by atoms with E-state index in [0.717, 1.165) is 11.3 Å². The van der Waals surface area contributed by atoms with Crippen molar-refractivity contribution in [3.8, 4) is 11.8 Å². The molecular weight excluding hydrogens is 294 g/mol. The van der Waals surface area contributed by atoms with Gasteiger partial charge in [0.2, 0.25) is 0 Å². The lowest BCUT2D eigenvalue weighted by Gasteiger charge is -2.05. The summed E-state index contributed by atoms with van der Waals surface area (Å²) in [7, 11) is -3.60. The Bertz CT molecular complexity index is 770. The predicted molar refractivity (Wildman–Crippen MR) is 80.0 cm³/mol. The second kappa shape index (κ2) is 6.05. The normalized spacial score (nSPS) is 10.7. The fourth-order valence-electron chi connectivity index (χ4n) is 1.49. The maximum absolute atomic E-state index is 12.1. The zero-order chi connectivity index (χ0) is 14.6. The third-order valence-electron chi connectivity index (χ3n) is 2.31. The van der Waals surface area contributed by atoms with Gasteiger partial charge < -0.3 is 5.73 Å². The van der Waals surface area contributed by atoms with Crippen molar-refractivity contribution >= 4 is 27.0 Å². The Morgan fingerprint density at radius 1 is 1.45 bits per heavy atom. The summed E-state index contributed by atoms with van der Waals surface area (Å²) in [5.41, 5.74) is 6.47. The number of nitrogens with one attached hydrogen (secondary N) is 1. The van der Waals surface area contributed by atoms with Crippen LogP contribution in [-0.2, 0) is 10.0 Å². The molecule has 7 heteroatoms. The van der Waals surface area contributed by atoms with Crippen LogP contribution in [0.1, 0.15) is 10.6 Å². The standard InChI is InChI=1S/C13H13N3O2S2/c1-10-15-9-13(19-10)20(17,18)16-12-6-2-4-11(8-12)5-3-7-14/h2,4,6,8-9,16H,7,14H2,1H3. The number of nitrogens with two attached hydrogens (primary N) is 1. The fourth-order valence-corrected chi connectivity index (χ4v) is 3.64. The van der Waals surface area contributed by atoms with E-state index < -0.39 is 10.0 Å². The van der Waals surface area contributed by atoms with Gasteiger partial charge in [-0.1, -0.05) is 17.9 Å². The van der Waals surface area contributed by atoms with Gasteiger partial charge in [-0.25, -0.2) is 13.4 Å². The van der Waals surface area contributed by atoms with Crippen LogP contribution in [0.2, 0.25) is 0 Å². The number of thiazole rings is 1. The summed E-state index contributed by atoms with van der Waals surface area (Å²) in [6.07, 6.45) is 1.35. The summed E-state index contributed by atoms with van der Waals surface area (Å²) in [6, 6.07) is 6.85. The molecule has 0 atom stereocenters. The molecule has 1 heterocycles. The van der Waals surface area contributed by atoms with Crippen LogP contribution in [-0.4, -0.2) is 19.9 Å². The minimum atomic E-state index is -3.60. The second-order valence-corrected chi connectivity index (χ2v) is 7.03. The van der Waals surface area contributed by atoms with Gasteiger partial charge in [0, 0.05) is 5.56 Å². The highest BCUT2D eigenvalue weighted by atomic mass is 32.2. The molecule has 0 spiro atoms. The molecule has 20 heavy (non-hydrogen) atoms. The number of hydrogen-bond donors (Lipinski definition) is 2. The number of rotatable bonds is 3. The summed E-state index contributed by atoms with van der Waals surface area (Å²) in [5.74, 6) is 5.58. The van der Waals surface area contributed by atoms with Gasteiger partial charge in [0.25, 0.3) is 10.0 Å². The Labute approximate surface area is 121 Å². The van der Waals surface area contributed by atoms with Crippen LogP contribution in [0, 0.1) is 18.8 Å². The Kier molecular flexibility index (Phi) is 4.39. The van der Waals surface area contributed by atoms with E-state index in [-0.39, 0.29) is 10.8 Å². The molecule has 0 amide bonds. The minimum absolute atomic E-state index is 0.188. The van der Waals surface area contributed by atoms with Crippen LogP contribution in [0.3, 0.4) is 0 Å². The molecule has 0 aliphatic rings. The number of anilines is 1. The smallest absolute Gasteiger partial charge is 0.273 e. The number of hydrogen-bond acceptors (Lipinski definition) is 5. The molecule has 0 bridgehead atoms. The highest BCUT2D eigenvalue weighted by Crippen LogP contribution is 2.21. The van der Waals surface area contributed by atoms with Crippen molar-refractivity contribution in [2.75, 3.05) is 11.3 Å². The summed E-state index contributed by atoms with van der Waals surface area (Å²) >= 11 is 1.13. The first-order chi connectivity index (χ1) is 9.51. The van der Waals surface area contributed by atoms with E-state index >= 15 is 0 Å². The van der Waals surface area contributed by atoms with Gasteiger partial charge >= 0.3 is 0 Å². The molecule has 0 saturated heterocycles. The molecule has 3 N–H and O–H groups in total. The van der Waals surface area contributed by atoms with E-state index in [1.165, 1.54) is 6.20 Å². The molecule has 1 aromatic heterocycles. The summed E-state index contributed by atoms with van der Waals surface area (Å²) in [6.45, 7) is 2.02. The first-order valence-corrected chi connectivity index (χ1v) is 8.05. The molecule has 5 nitrogen and oxygen atoms in total. The van der Waals surface area contributed by atoms with Crippen LogP contribution >= 0.6 is 11.3 Å². The monoisotopic (exact) mass is 307 g/mol. The third kappa shape index (κ3) is 3.57. The molecular formula is C13H13N3O2S2. The largest absolute Gasteiger partial charge is 0.320 e. The molecule has 0 radical (unpaired) electrons. The molecule has 2 rings (SSSR count). The van der Waals surface area contributed by atoms with Crippen molar-refractivity contribution in [3.05, 3.63) is 41.0 Å². The number of benzene rings is 1. The Hall–Kier alpha value is -1.88. The highest BCUT2D eigenvalue weighted by molar-refractivity contribution is 7.94. The number of aryl methyl sites for hydroxylation is 1. The maximum Gasteiger partial charge on any atom is 0.273 e. The summed E-state index contributed by atoms with van der Waals surface area (Å²) in [4.78, 5) is 3.95. The maximum atomic E-state index is 12.1. The van der Waals surface area contributed by atoms with E-state index in [2.05, 4.69) is 21.5 Å². The third-order valence-corrected chi connectivity index (χ3v) is 5.07. The van der Waals surface area contributed by atoms with Crippen LogP contribution < -0.4 is 10.5 Å². The highest BCUT2D eigenvalue weighted by Gasteiger charge is 2.17. The molecule has 0 aliphatic heterocycles. The molecule has 0 aliphatic carbocycles. The van der Waals surface area contributed by atoms with E-state index in [4.69, 9.17) is 5.73 Å². The van der Waals surface area contributed by atoms with Crippen molar-refractivity contribution < 1.29 is 8.42 Å². The van der Waals surface area contributed by atoms with Gasteiger partial charge in [-0.2, -0.15) is 0 Å². The van der Waals surface area contributed by atoms with Crippen LogP contribution in [0.15, 0.2) is 34.7 Å². The topological polar surface area (TPSA) is 85.1 Å². The zero-order valence-corrected chi connectivity index (χ0v) is 12.4. The van der Waals surface area contributed by atoms with E-state index in [1.807, 2.05) is 0 Å². The van der Waals surface area contributed by atoms with E-state index in [1.54, 1.807) is 31.2 Å². The van der Waals surface area contributed by atoms with Gasteiger partial charge in [0.05, 0.1) is 23.4 Å². The Morgan fingerprint density at radius 2 is 2.25 bits per heavy atom. The Balaban J connectivity index is 2.25. The SMILES string of the molecule is Cc1ncc(S(=O)(=O)Nc2cccc(C#CCN)c2)s1. The summed E-state index contributed by atoms with van der Waals surface area (Å²) in [5, 5.41) is 0.702. The van der Waals surface area contributed by atoms with Gasteiger partial charge in [-0.05, 0) is 25.1 Å². The first kappa shape index (κ1) is 14.5. The summed E-state index contributed by atoms with van der Waals surface area (Å²) < 4.78 is 27.0. The first-order valence-electron chi connectivity index (χ1n) is 5.75. The number of nitrogens with zero attached hydrogens (tertiary/aromatic N) is 1. The van der Waals surface area contributed by atoms with Crippen molar-refractivity contribution in [3.63, 3.8) is 0 Å². The fraction of sp³-hybridized carbons (Fsp3) is 0.154. The molecule has 1 aromatic carbocycles. The number of sulfonamides is 1. The van der Waals surface area contributed by atoms with Gasteiger partial charge in [-0.3, -0.25) is 4.72 Å². The Morgan fingerprint density at radius 3 is 2.90 bits per heavy atom. The molecule has 0 fully saturated rings. The predicted octanol–water partition coefficient (Wildman–Crippen LogP) is 1.56. The van der Waals surface area contributed by atoms with Crippen molar-refractivity contribution in [1.29, 1.82) is 0 Å². The van der Waals surface area contributed by atoms with E-state index in [0.29, 0.717) is 16.3 Å². The van der Waals surface area contributed by atoms with Gasteiger partial charge in [-0.15, -0.1) is 11.3 Å². The quantitative estimate of drug-likeness (QED) is 0.843. The lowest BCUT2D eigenvalue weighted by Crippen LogP contribution is -2.11. The van der Waals surface area contributed by atoms with Crippen LogP contribution in [0.25, 0.3) is 0 Å². The molecule has 104 valence electrons. The lowest BCUT2D eigenvalue weighted by atomic mass is 10.2. The van der Waals surface area contributed by atoms with Crippen molar-refractivity contribution in [1.82, 2.24) is 4.98 Å². The molecule has 0 saturated carbocycles. The average molecular weight is 307 g/mol. The van der Waals surface area contributed by atoms with Crippen molar-refractivity contribution in [2.24, 2.45) is 5.73 Å². The lowest BCUT2D eigenvalue weighted by molar-refractivity contribution is 0.603. The van der Waals surface area contributed by atoms with E-state index in [9.17, 15) is 8.42 Å². The van der Waals surface area contributed by atoms with Gasteiger partial charge in [0.15, 0.2) is 4.21 Å². The van der Waals surface area contributed by atoms with Gasteiger partial charge in [0.1, 0.15) is 0 Å². The zero-order valence-electron chi connectivity index (χ0n) is 10.8. The van der Waals surface area contributed by atoms with Crippen LogP contribution in [0.5, 0.6) is 0 Å². The molecule has 0 unspecified atom stereocenters. The van der Waals surface area contributed by atoms with Crippen molar-refractivity contribution in [2.45, 2.75) is 11.1 Å². The second-order valence-electron chi connectivity index (χ2n) is 3.89.